The van der Waals surface area contributed by atoms with Crippen molar-refractivity contribution in [2.45, 2.75) is 18.4 Å². The van der Waals surface area contributed by atoms with E-state index in [-0.39, 0.29) is 18.1 Å². The maximum atomic E-state index is 12.2. The highest BCUT2D eigenvalue weighted by molar-refractivity contribution is 7.80. The molecule has 0 fully saturated rings. The Morgan fingerprint density at radius 3 is 2.88 bits per heavy atom. The second-order valence-electron chi connectivity index (χ2n) is 5.28. The standard InChI is InChI=1S/C16H14N4O3S/c1-9-14(24)7-12(19-9)16(21)18-8-10-4-5-13(20(22)23)15-11(10)3-2-6-17-15/h2-7,19,24H,8H2,1H3,(H,18,21). The third-order valence-corrected chi connectivity index (χ3v) is 4.17. The van der Waals surface area contributed by atoms with Crippen LogP contribution < -0.4 is 5.32 Å². The van der Waals surface area contributed by atoms with Crippen LogP contribution in [0.5, 0.6) is 0 Å². The third kappa shape index (κ3) is 2.95. The molecule has 1 aromatic carbocycles. The molecule has 0 atom stereocenters. The van der Waals surface area contributed by atoms with Crippen LogP contribution in [0.15, 0.2) is 41.4 Å². The summed E-state index contributed by atoms with van der Waals surface area (Å²) in [5.41, 5.74) is 2.24. The molecule has 2 aromatic heterocycles. The van der Waals surface area contributed by atoms with Gasteiger partial charge in [0.05, 0.1) is 4.92 Å². The normalized spacial score (nSPS) is 10.8. The van der Waals surface area contributed by atoms with Gasteiger partial charge in [-0.2, -0.15) is 0 Å². The van der Waals surface area contributed by atoms with Crippen molar-refractivity contribution in [2.24, 2.45) is 0 Å². The van der Waals surface area contributed by atoms with Gasteiger partial charge >= 0.3 is 0 Å². The van der Waals surface area contributed by atoms with E-state index in [1.807, 2.05) is 6.92 Å². The Labute approximate surface area is 142 Å². The molecule has 0 saturated carbocycles. The molecule has 122 valence electrons. The lowest BCUT2D eigenvalue weighted by Gasteiger charge is -2.08. The number of hydrogen-bond acceptors (Lipinski definition) is 5. The number of aromatic nitrogens is 2. The summed E-state index contributed by atoms with van der Waals surface area (Å²) >= 11 is 4.25. The highest BCUT2D eigenvalue weighted by Gasteiger charge is 2.16. The summed E-state index contributed by atoms with van der Waals surface area (Å²) in [7, 11) is 0. The van der Waals surface area contributed by atoms with E-state index >= 15 is 0 Å². The number of nitro benzene ring substituents is 1. The number of nitrogens with zero attached hydrogens (tertiary/aromatic N) is 2. The quantitative estimate of drug-likeness (QED) is 0.385. The zero-order chi connectivity index (χ0) is 17.3. The average molecular weight is 342 g/mol. The summed E-state index contributed by atoms with van der Waals surface area (Å²) < 4.78 is 0. The maximum Gasteiger partial charge on any atom is 0.295 e. The average Bonchev–Trinajstić information content (AvgIpc) is 2.91. The number of pyridine rings is 1. The number of H-pyrrole nitrogens is 1. The summed E-state index contributed by atoms with van der Waals surface area (Å²) in [4.78, 5) is 30.6. The first-order valence-corrected chi connectivity index (χ1v) is 7.60. The van der Waals surface area contributed by atoms with Gasteiger partial charge in [-0.15, -0.1) is 12.6 Å². The summed E-state index contributed by atoms with van der Waals surface area (Å²) in [6, 6.07) is 8.15. The molecule has 0 unspecified atom stereocenters. The molecular weight excluding hydrogens is 328 g/mol. The molecule has 8 heteroatoms. The number of aromatic amines is 1. The van der Waals surface area contributed by atoms with Crippen molar-refractivity contribution in [1.82, 2.24) is 15.3 Å². The van der Waals surface area contributed by atoms with E-state index in [9.17, 15) is 14.9 Å². The number of non-ortho nitro benzene ring substituents is 1. The monoisotopic (exact) mass is 342 g/mol. The molecular formula is C16H14N4O3S. The Bertz CT molecular complexity index is 932. The van der Waals surface area contributed by atoms with Crippen molar-refractivity contribution in [3.8, 4) is 0 Å². The summed E-state index contributed by atoms with van der Waals surface area (Å²) in [6.45, 7) is 2.06. The molecule has 1 amide bonds. The van der Waals surface area contributed by atoms with Crippen LogP contribution in [0.2, 0.25) is 0 Å². The molecule has 24 heavy (non-hydrogen) atoms. The van der Waals surface area contributed by atoms with E-state index in [1.165, 1.54) is 12.3 Å². The lowest BCUT2D eigenvalue weighted by atomic mass is 10.1. The Balaban J connectivity index is 1.87. The highest BCUT2D eigenvalue weighted by Crippen LogP contribution is 2.26. The minimum absolute atomic E-state index is 0.0552. The fourth-order valence-electron chi connectivity index (χ4n) is 2.46. The minimum Gasteiger partial charge on any atom is -0.354 e. The number of nitro groups is 1. The first kappa shape index (κ1) is 16.0. The smallest absolute Gasteiger partial charge is 0.295 e. The van der Waals surface area contributed by atoms with Crippen LogP contribution in [-0.2, 0) is 6.54 Å². The van der Waals surface area contributed by atoms with Crippen molar-refractivity contribution in [3.05, 3.63) is 63.6 Å². The zero-order valence-electron chi connectivity index (χ0n) is 12.7. The predicted molar refractivity (Wildman–Crippen MR) is 92.3 cm³/mol. The van der Waals surface area contributed by atoms with Gasteiger partial charge in [0.2, 0.25) is 0 Å². The Kier molecular flexibility index (Phi) is 4.22. The van der Waals surface area contributed by atoms with Crippen LogP contribution in [0.4, 0.5) is 5.69 Å². The van der Waals surface area contributed by atoms with E-state index in [0.29, 0.717) is 21.5 Å². The summed E-state index contributed by atoms with van der Waals surface area (Å²) in [5.74, 6) is -0.270. The van der Waals surface area contributed by atoms with Crippen LogP contribution in [0.25, 0.3) is 10.9 Å². The molecule has 0 aliphatic rings. The SMILES string of the molecule is Cc1[nH]c(C(=O)NCc2ccc([N+](=O)[O-])c3ncccc23)cc1S. The molecule has 7 nitrogen and oxygen atoms in total. The van der Waals surface area contributed by atoms with E-state index in [0.717, 1.165) is 11.3 Å². The Morgan fingerprint density at radius 2 is 2.21 bits per heavy atom. The number of amides is 1. The van der Waals surface area contributed by atoms with Crippen LogP contribution in [0.3, 0.4) is 0 Å². The highest BCUT2D eigenvalue weighted by atomic mass is 32.1. The fourth-order valence-corrected chi connectivity index (χ4v) is 2.64. The van der Waals surface area contributed by atoms with E-state index in [4.69, 9.17) is 0 Å². The van der Waals surface area contributed by atoms with Crippen LogP contribution in [0, 0.1) is 17.0 Å². The number of nitrogens with one attached hydrogen (secondary N) is 2. The number of carbonyl (C=O) groups is 1. The van der Waals surface area contributed by atoms with E-state index < -0.39 is 4.92 Å². The number of thiol groups is 1. The third-order valence-electron chi connectivity index (χ3n) is 3.71. The second kappa shape index (κ2) is 6.32. The maximum absolute atomic E-state index is 12.2. The number of aryl methyl sites for hydroxylation is 1. The topological polar surface area (TPSA) is 101 Å². The van der Waals surface area contributed by atoms with Gasteiger partial charge in [0.15, 0.2) is 0 Å². The van der Waals surface area contributed by atoms with Gasteiger partial charge in [-0.25, -0.2) is 4.98 Å². The number of hydrogen-bond donors (Lipinski definition) is 3. The first-order valence-electron chi connectivity index (χ1n) is 7.15. The lowest BCUT2D eigenvalue weighted by Crippen LogP contribution is -2.23. The van der Waals surface area contributed by atoms with Gasteiger partial charge in [0.1, 0.15) is 11.2 Å². The van der Waals surface area contributed by atoms with Crippen LogP contribution in [-0.4, -0.2) is 20.8 Å². The van der Waals surface area contributed by atoms with Crippen molar-refractivity contribution in [3.63, 3.8) is 0 Å². The number of benzene rings is 1. The molecule has 0 aliphatic carbocycles. The van der Waals surface area contributed by atoms with Gasteiger partial charge in [-0.05, 0) is 30.7 Å². The van der Waals surface area contributed by atoms with Crippen molar-refractivity contribution < 1.29 is 9.72 Å². The van der Waals surface area contributed by atoms with Crippen molar-refractivity contribution in [1.29, 1.82) is 0 Å². The lowest BCUT2D eigenvalue weighted by molar-refractivity contribution is -0.383. The van der Waals surface area contributed by atoms with Gasteiger partial charge in [-0.3, -0.25) is 14.9 Å². The predicted octanol–water partition coefficient (Wildman–Crippen LogP) is 3.00. The van der Waals surface area contributed by atoms with Gasteiger partial charge < -0.3 is 10.3 Å². The Morgan fingerprint density at radius 1 is 1.42 bits per heavy atom. The Hall–Kier alpha value is -2.87. The molecule has 0 radical (unpaired) electrons. The molecule has 3 rings (SSSR count). The van der Waals surface area contributed by atoms with Crippen LogP contribution >= 0.6 is 12.6 Å². The van der Waals surface area contributed by atoms with Gasteiger partial charge in [-0.1, -0.05) is 6.07 Å². The molecule has 0 spiro atoms. The van der Waals surface area contributed by atoms with Crippen LogP contribution in [0.1, 0.15) is 21.7 Å². The summed E-state index contributed by atoms with van der Waals surface area (Å²) in [5, 5.41) is 14.5. The molecule has 2 N–H and O–H groups in total. The number of fused-ring (bicyclic) bond motifs is 1. The molecule has 0 bridgehead atoms. The van der Waals surface area contributed by atoms with Crippen molar-refractivity contribution >= 4 is 35.1 Å². The van der Waals surface area contributed by atoms with Gasteiger partial charge in [0, 0.05) is 34.8 Å². The van der Waals surface area contributed by atoms with Gasteiger partial charge in [0.25, 0.3) is 11.6 Å². The number of carbonyl (C=O) groups excluding carboxylic acids is 1. The first-order chi connectivity index (χ1) is 11.5. The summed E-state index contributed by atoms with van der Waals surface area (Å²) in [6.07, 6.45) is 1.51. The zero-order valence-corrected chi connectivity index (χ0v) is 13.6. The van der Waals surface area contributed by atoms with E-state index in [1.54, 1.807) is 24.3 Å². The molecule has 0 saturated heterocycles. The molecule has 0 aliphatic heterocycles. The fraction of sp³-hybridized carbons (Fsp3) is 0.125. The molecule has 2 heterocycles. The molecule has 3 aromatic rings. The largest absolute Gasteiger partial charge is 0.354 e. The minimum atomic E-state index is -0.465. The number of rotatable bonds is 4. The van der Waals surface area contributed by atoms with Crippen molar-refractivity contribution in [2.75, 3.05) is 0 Å². The van der Waals surface area contributed by atoms with E-state index in [2.05, 4.69) is 27.9 Å². The second-order valence-corrected chi connectivity index (χ2v) is 5.76.